The van der Waals surface area contributed by atoms with Crippen LogP contribution >= 0.6 is 11.6 Å². The predicted molar refractivity (Wildman–Crippen MR) is 116 cm³/mol. The molecule has 0 aliphatic carbocycles. The number of carbonyl (C=O) groups is 3. The highest BCUT2D eigenvalue weighted by Gasteiger charge is 2.20. The van der Waals surface area contributed by atoms with Crippen molar-refractivity contribution >= 4 is 35.0 Å². The fraction of sp³-hybridized carbons (Fsp3) is 0.0870. The Kier molecular flexibility index (Phi) is 6.83. The third kappa shape index (κ3) is 5.46. The minimum atomic E-state index is -0.556. The molecular formula is C23H20ClN3O3. The molecule has 30 heavy (non-hydrogen) atoms. The van der Waals surface area contributed by atoms with Gasteiger partial charge >= 0.3 is 0 Å². The van der Waals surface area contributed by atoms with E-state index < -0.39 is 11.9 Å². The second-order valence-corrected chi connectivity index (χ2v) is 7.02. The topological polar surface area (TPSA) is 101 Å². The molecule has 0 spiro atoms. The Balaban J connectivity index is 1.74. The molecule has 0 aliphatic heterocycles. The van der Waals surface area contributed by atoms with Crippen LogP contribution in [-0.4, -0.2) is 17.7 Å². The maximum atomic E-state index is 12.7. The molecular weight excluding hydrogens is 402 g/mol. The van der Waals surface area contributed by atoms with Gasteiger partial charge in [0.15, 0.2) is 0 Å². The molecule has 3 aromatic carbocycles. The fourth-order valence-electron chi connectivity index (χ4n) is 2.93. The number of halogens is 1. The molecule has 0 fully saturated rings. The van der Waals surface area contributed by atoms with Crippen LogP contribution in [0.3, 0.4) is 0 Å². The number of nitrogens with one attached hydrogen (secondary N) is 2. The maximum absolute atomic E-state index is 12.7. The molecule has 3 aromatic rings. The number of primary amides is 1. The SMILES string of the molecule is NC(=O)c1ccc(NC(=O)CC(NC(=O)c2ccccc2Cl)c2ccccc2)cc1. The number of amides is 3. The summed E-state index contributed by atoms with van der Waals surface area (Å²) in [6.07, 6.45) is 0.0117. The summed E-state index contributed by atoms with van der Waals surface area (Å²) in [4.78, 5) is 36.5. The number of nitrogens with two attached hydrogens (primary N) is 1. The van der Waals surface area contributed by atoms with Crippen LogP contribution in [0.25, 0.3) is 0 Å². The standard InChI is InChI=1S/C23H20ClN3O3/c24-19-9-5-4-8-18(19)23(30)27-20(15-6-2-1-3-7-15)14-21(28)26-17-12-10-16(11-13-17)22(25)29/h1-13,20H,14H2,(H2,25,29)(H,26,28)(H,27,30). The van der Waals surface area contributed by atoms with E-state index in [1.807, 2.05) is 30.3 Å². The van der Waals surface area contributed by atoms with E-state index in [-0.39, 0.29) is 18.2 Å². The van der Waals surface area contributed by atoms with Gasteiger partial charge in [0.25, 0.3) is 5.91 Å². The van der Waals surface area contributed by atoms with Crippen molar-refractivity contribution in [2.75, 3.05) is 5.32 Å². The van der Waals surface area contributed by atoms with Gasteiger partial charge in [-0.2, -0.15) is 0 Å². The van der Waals surface area contributed by atoms with Crippen LogP contribution in [0.15, 0.2) is 78.9 Å². The monoisotopic (exact) mass is 421 g/mol. The first-order valence-electron chi connectivity index (χ1n) is 9.24. The Morgan fingerprint density at radius 2 is 1.50 bits per heavy atom. The molecule has 1 unspecified atom stereocenters. The van der Waals surface area contributed by atoms with Crippen molar-refractivity contribution in [3.8, 4) is 0 Å². The van der Waals surface area contributed by atoms with Crippen molar-refractivity contribution in [2.45, 2.75) is 12.5 Å². The van der Waals surface area contributed by atoms with Crippen molar-refractivity contribution in [3.63, 3.8) is 0 Å². The van der Waals surface area contributed by atoms with E-state index in [0.29, 0.717) is 21.8 Å². The van der Waals surface area contributed by atoms with Crippen molar-refractivity contribution in [3.05, 3.63) is 101 Å². The average Bonchev–Trinajstić information content (AvgIpc) is 2.74. The van der Waals surface area contributed by atoms with E-state index in [1.165, 1.54) is 12.1 Å². The molecule has 0 saturated carbocycles. The Labute approximate surface area is 179 Å². The molecule has 3 rings (SSSR count). The summed E-state index contributed by atoms with van der Waals surface area (Å²) < 4.78 is 0. The van der Waals surface area contributed by atoms with Gasteiger partial charge in [-0.25, -0.2) is 0 Å². The molecule has 0 saturated heterocycles. The molecule has 0 bridgehead atoms. The van der Waals surface area contributed by atoms with Gasteiger partial charge in [0.05, 0.1) is 23.0 Å². The molecule has 7 heteroatoms. The van der Waals surface area contributed by atoms with E-state index in [2.05, 4.69) is 10.6 Å². The number of hydrogen-bond donors (Lipinski definition) is 3. The van der Waals surface area contributed by atoms with Gasteiger partial charge in [-0.05, 0) is 42.0 Å². The first-order chi connectivity index (χ1) is 14.4. The molecule has 0 aromatic heterocycles. The number of benzene rings is 3. The van der Waals surface area contributed by atoms with Crippen molar-refractivity contribution in [1.82, 2.24) is 5.32 Å². The van der Waals surface area contributed by atoms with Crippen LogP contribution in [0.2, 0.25) is 5.02 Å². The molecule has 0 heterocycles. The second-order valence-electron chi connectivity index (χ2n) is 6.61. The van der Waals surface area contributed by atoms with Gasteiger partial charge in [-0.1, -0.05) is 54.1 Å². The van der Waals surface area contributed by atoms with Crippen LogP contribution < -0.4 is 16.4 Å². The fourth-order valence-corrected chi connectivity index (χ4v) is 3.16. The Hall–Kier alpha value is -3.64. The minimum absolute atomic E-state index is 0.0117. The minimum Gasteiger partial charge on any atom is -0.366 e. The Morgan fingerprint density at radius 1 is 0.867 bits per heavy atom. The first-order valence-corrected chi connectivity index (χ1v) is 9.62. The molecule has 1 atom stereocenters. The van der Waals surface area contributed by atoms with E-state index in [1.54, 1.807) is 36.4 Å². The lowest BCUT2D eigenvalue weighted by molar-refractivity contribution is -0.116. The number of rotatable bonds is 7. The summed E-state index contributed by atoms with van der Waals surface area (Å²) in [5.74, 6) is -1.21. The first kappa shape index (κ1) is 21.1. The predicted octanol–water partition coefficient (Wildman–Crippen LogP) is 3.94. The highest BCUT2D eigenvalue weighted by Crippen LogP contribution is 2.21. The normalized spacial score (nSPS) is 11.4. The van der Waals surface area contributed by atoms with Gasteiger partial charge in [0.1, 0.15) is 0 Å². The summed E-state index contributed by atoms with van der Waals surface area (Å²) in [5, 5.41) is 5.98. The summed E-state index contributed by atoms with van der Waals surface area (Å²) in [6, 6.07) is 21.6. The van der Waals surface area contributed by atoms with Gasteiger partial charge in [-0.3, -0.25) is 14.4 Å². The third-order valence-corrected chi connectivity index (χ3v) is 4.80. The largest absolute Gasteiger partial charge is 0.366 e. The van der Waals surface area contributed by atoms with E-state index in [4.69, 9.17) is 17.3 Å². The quantitative estimate of drug-likeness (QED) is 0.538. The van der Waals surface area contributed by atoms with Crippen molar-refractivity contribution in [2.24, 2.45) is 5.73 Å². The molecule has 6 nitrogen and oxygen atoms in total. The van der Waals surface area contributed by atoms with Crippen LogP contribution in [-0.2, 0) is 4.79 Å². The lowest BCUT2D eigenvalue weighted by Crippen LogP contribution is -2.31. The summed E-state index contributed by atoms with van der Waals surface area (Å²) in [7, 11) is 0. The Bertz CT molecular complexity index is 1050. The molecule has 152 valence electrons. The second kappa shape index (κ2) is 9.71. The summed E-state index contributed by atoms with van der Waals surface area (Å²) >= 11 is 6.12. The van der Waals surface area contributed by atoms with Crippen LogP contribution in [0.5, 0.6) is 0 Å². The molecule has 3 amide bonds. The number of anilines is 1. The average molecular weight is 422 g/mol. The highest BCUT2D eigenvalue weighted by atomic mass is 35.5. The lowest BCUT2D eigenvalue weighted by atomic mass is 10.0. The summed E-state index contributed by atoms with van der Waals surface area (Å²) in [5.41, 5.74) is 7.22. The van der Waals surface area contributed by atoms with Gasteiger partial charge in [-0.15, -0.1) is 0 Å². The zero-order chi connectivity index (χ0) is 21.5. The third-order valence-electron chi connectivity index (χ3n) is 4.47. The smallest absolute Gasteiger partial charge is 0.253 e. The van der Waals surface area contributed by atoms with Gasteiger partial charge in [0.2, 0.25) is 11.8 Å². The zero-order valence-corrected chi connectivity index (χ0v) is 16.7. The van der Waals surface area contributed by atoms with Crippen molar-refractivity contribution in [1.29, 1.82) is 0 Å². The molecule has 0 aliphatic rings. The highest BCUT2D eigenvalue weighted by molar-refractivity contribution is 6.33. The summed E-state index contributed by atoms with van der Waals surface area (Å²) in [6.45, 7) is 0. The van der Waals surface area contributed by atoms with E-state index >= 15 is 0 Å². The van der Waals surface area contributed by atoms with Gasteiger partial charge in [0, 0.05) is 11.3 Å². The van der Waals surface area contributed by atoms with E-state index in [0.717, 1.165) is 5.56 Å². The maximum Gasteiger partial charge on any atom is 0.253 e. The van der Waals surface area contributed by atoms with E-state index in [9.17, 15) is 14.4 Å². The zero-order valence-electron chi connectivity index (χ0n) is 16.0. The van der Waals surface area contributed by atoms with Crippen molar-refractivity contribution < 1.29 is 14.4 Å². The van der Waals surface area contributed by atoms with Gasteiger partial charge < -0.3 is 16.4 Å². The van der Waals surface area contributed by atoms with Crippen LogP contribution in [0.1, 0.15) is 38.7 Å². The molecule has 4 N–H and O–H groups in total. The number of carbonyl (C=O) groups excluding carboxylic acids is 3. The lowest BCUT2D eigenvalue weighted by Gasteiger charge is -2.19. The number of hydrogen-bond acceptors (Lipinski definition) is 3. The molecule has 0 radical (unpaired) electrons. The van der Waals surface area contributed by atoms with Crippen LogP contribution in [0, 0.1) is 0 Å². The Morgan fingerprint density at radius 3 is 2.13 bits per heavy atom. The van der Waals surface area contributed by atoms with Crippen LogP contribution in [0.4, 0.5) is 5.69 Å².